The highest BCUT2D eigenvalue weighted by atomic mass is 32.2. The average Bonchev–Trinajstić information content (AvgIpc) is 3.00. The Balaban J connectivity index is 1.66. The summed E-state index contributed by atoms with van der Waals surface area (Å²) in [7, 11) is -5.02. The fraction of sp³-hybridized carbons (Fsp3) is 0.214. The second kappa shape index (κ2) is 8.11. The number of rotatable bonds is 5. The van der Waals surface area contributed by atoms with Crippen LogP contribution >= 0.6 is 0 Å². The molecule has 2 aliphatic heterocycles. The minimum atomic E-state index is -5.02. The molecule has 0 bridgehead atoms. The van der Waals surface area contributed by atoms with Crippen molar-refractivity contribution in [3.63, 3.8) is 0 Å². The van der Waals surface area contributed by atoms with Crippen LogP contribution in [0.3, 0.4) is 0 Å². The van der Waals surface area contributed by atoms with E-state index in [1.807, 2.05) is 0 Å². The summed E-state index contributed by atoms with van der Waals surface area (Å²) in [5, 5.41) is 19.5. The summed E-state index contributed by atoms with van der Waals surface area (Å²) >= 11 is 0. The number of hydrogen-bond acceptors (Lipinski definition) is 10. The fourth-order valence-electron chi connectivity index (χ4n) is 2.62. The number of β-lactam (4-membered cyclic amide) rings is 1. The molecule has 1 atom stereocenters. The van der Waals surface area contributed by atoms with E-state index in [-0.39, 0.29) is 9.31 Å². The van der Waals surface area contributed by atoms with E-state index in [4.69, 9.17) is 10.2 Å². The van der Waals surface area contributed by atoms with Crippen molar-refractivity contribution in [2.75, 3.05) is 13.1 Å². The number of nitrogens with zero attached hydrogens (tertiary/aromatic N) is 3. The quantitative estimate of drug-likeness (QED) is 0.175. The summed E-state index contributed by atoms with van der Waals surface area (Å²) in [6.45, 7) is -1.60. The van der Waals surface area contributed by atoms with Gasteiger partial charge in [0, 0.05) is 12.3 Å². The Bertz CT molecular complexity index is 1260. The van der Waals surface area contributed by atoms with Crippen molar-refractivity contribution in [2.45, 2.75) is 6.04 Å². The molecule has 0 radical (unpaired) electrons. The number of carbonyl (C=O) groups is 6. The first-order valence-electron chi connectivity index (χ1n) is 8.56. The summed E-state index contributed by atoms with van der Waals surface area (Å²) < 4.78 is 26.0. The van der Waals surface area contributed by atoms with Crippen LogP contribution in [0.1, 0.15) is 10.5 Å². The van der Waals surface area contributed by atoms with Crippen LogP contribution in [0.2, 0.25) is 0 Å². The van der Waals surface area contributed by atoms with E-state index < -0.39 is 82.1 Å². The van der Waals surface area contributed by atoms with Gasteiger partial charge in [0.1, 0.15) is 18.3 Å². The second-order valence-electron chi connectivity index (χ2n) is 6.42. The molecule has 2 saturated heterocycles. The van der Waals surface area contributed by atoms with E-state index in [0.29, 0.717) is 11.0 Å². The molecule has 0 aliphatic carbocycles. The van der Waals surface area contributed by atoms with Crippen LogP contribution < -0.4 is 20.9 Å². The maximum absolute atomic E-state index is 12.4. The molecular formula is C14H13N7O11S. The van der Waals surface area contributed by atoms with Crippen molar-refractivity contribution in [3.8, 4) is 5.75 Å². The van der Waals surface area contributed by atoms with Crippen LogP contribution in [0, 0.1) is 0 Å². The van der Waals surface area contributed by atoms with Crippen molar-refractivity contribution < 1.29 is 47.4 Å². The lowest BCUT2D eigenvalue weighted by Gasteiger charge is -2.36. The van der Waals surface area contributed by atoms with Gasteiger partial charge in [0.15, 0.2) is 5.75 Å². The third-order valence-electron chi connectivity index (χ3n) is 4.26. The number of aromatic nitrogens is 1. The van der Waals surface area contributed by atoms with Crippen LogP contribution in [0.25, 0.3) is 0 Å². The molecule has 0 spiro atoms. The van der Waals surface area contributed by atoms with Gasteiger partial charge in [-0.25, -0.2) is 19.1 Å². The molecule has 1 aromatic heterocycles. The number of aromatic hydroxyl groups is 1. The van der Waals surface area contributed by atoms with E-state index in [1.165, 1.54) is 4.72 Å². The monoisotopic (exact) mass is 487 g/mol. The number of imide groups is 2. The maximum Gasteiger partial charge on any atom is 0.405 e. The Morgan fingerprint density at radius 1 is 1.15 bits per heavy atom. The Kier molecular flexibility index (Phi) is 5.65. The third-order valence-corrected chi connectivity index (χ3v) is 5.56. The summed E-state index contributed by atoms with van der Waals surface area (Å²) in [5.41, 5.74) is 0.339. The van der Waals surface area contributed by atoms with Gasteiger partial charge in [-0.2, -0.15) is 17.7 Å². The number of aromatic amines is 1. The van der Waals surface area contributed by atoms with Crippen molar-refractivity contribution in [3.05, 3.63) is 28.2 Å². The Morgan fingerprint density at radius 3 is 2.39 bits per heavy atom. The van der Waals surface area contributed by atoms with Gasteiger partial charge in [0.2, 0.25) is 5.43 Å². The van der Waals surface area contributed by atoms with Crippen LogP contribution in [0.4, 0.5) is 14.4 Å². The van der Waals surface area contributed by atoms with Gasteiger partial charge in [-0.05, 0) is 0 Å². The fourth-order valence-corrected chi connectivity index (χ4v) is 3.63. The molecule has 1 aromatic rings. The van der Waals surface area contributed by atoms with Crippen molar-refractivity contribution in [1.82, 2.24) is 34.7 Å². The number of amides is 8. The summed E-state index contributed by atoms with van der Waals surface area (Å²) in [6.07, 6.45) is -0.772. The zero-order valence-corrected chi connectivity index (χ0v) is 16.8. The lowest BCUT2D eigenvalue weighted by atomic mass is 10.1. The summed E-state index contributed by atoms with van der Waals surface area (Å²) in [5.74, 6) is -4.19. The van der Waals surface area contributed by atoms with Crippen LogP contribution in [0.15, 0.2) is 17.1 Å². The highest BCUT2D eigenvalue weighted by Crippen LogP contribution is 2.15. The van der Waals surface area contributed by atoms with Gasteiger partial charge in [-0.3, -0.25) is 29.5 Å². The molecule has 8 amide bonds. The smallest absolute Gasteiger partial charge is 0.405 e. The van der Waals surface area contributed by atoms with E-state index in [2.05, 4.69) is 4.98 Å². The molecule has 2 fully saturated rings. The molecular weight excluding hydrogens is 474 g/mol. The first-order chi connectivity index (χ1) is 15.3. The lowest BCUT2D eigenvalue weighted by molar-refractivity contribution is -0.139. The molecule has 3 rings (SSSR count). The van der Waals surface area contributed by atoms with Crippen LogP contribution in [-0.4, -0.2) is 92.8 Å². The first kappa shape index (κ1) is 23.0. The number of carbonyl (C=O) groups excluding carboxylic acids is 5. The van der Waals surface area contributed by atoms with Crippen molar-refractivity contribution in [1.29, 1.82) is 0 Å². The standard InChI is InChI=1S/C14H13N7O11S/c22-7-1-5(15-2-8(7)23)10(25)17-21-9(24)4-20(14(21)30)33(31,32)18-12(27)19-3-6(11(19)26)16-13(28)29/h1-2,6,16,23H,3-4H2,(H,15,22)(H,17,25)(H,18,27)(H,28,29)/t6-/m0/s1. The molecule has 18 nitrogen and oxygen atoms in total. The third kappa shape index (κ3) is 4.37. The van der Waals surface area contributed by atoms with E-state index in [1.54, 1.807) is 10.7 Å². The Morgan fingerprint density at radius 2 is 1.82 bits per heavy atom. The van der Waals surface area contributed by atoms with Gasteiger partial charge in [0.25, 0.3) is 17.7 Å². The molecule has 2 aliphatic rings. The first-order valence-corrected chi connectivity index (χ1v) is 10.0. The molecule has 19 heteroatoms. The maximum atomic E-state index is 12.4. The highest BCUT2D eigenvalue weighted by molar-refractivity contribution is 7.88. The van der Waals surface area contributed by atoms with Crippen LogP contribution in [0.5, 0.6) is 5.75 Å². The minimum Gasteiger partial charge on any atom is -0.503 e. The number of likely N-dealkylation sites (tertiary alicyclic amines) is 1. The summed E-state index contributed by atoms with van der Waals surface area (Å²) in [6, 6.07) is -3.70. The van der Waals surface area contributed by atoms with E-state index in [0.717, 1.165) is 6.20 Å². The predicted molar refractivity (Wildman–Crippen MR) is 99.3 cm³/mol. The zero-order chi connectivity index (χ0) is 24.7. The Hall–Kier alpha value is -4.68. The predicted octanol–water partition coefficient (Wildman–Crippen LogP) is -3.58. The van der Waals surface area contributed by atoms with Crippen molar-refractivity contribution >= 4 is 46.1 Å². The molecule has 0 aromatic carbocycles. The minimum absolute atomic E-state index is 0.0127. The topological polar surface area (TPSA) is 256 Å². The number of hydrazine groups is 1. The average molecular weight is 487 g/mol. The SMILES string of the molecule is O=C(O)N[C@H]1CN(C(=O)NS(=O)(=O)N2CC(=O)N(NC(=O)c3cc(=O)c(O)c[nH]3)C2=O)C1=O. The lowest BCUT2D eigenvalue weighted by Crippen LogP contribution is -2.67. The highest BCUT2D eigenvalue weighted by Gasteiger charge is 2.47. The van der Waals surface area contributed by atoms with Crippen LogP contribution in [-0.2, 0) is 19.8 Å². The Labute approximate surface area is 181 Å². The molecule has 0 unspecified atom stereocenters. The van der Waals surface area contributed by atoms with E-state index >= 15 is 0 Å². The van der Waals surface area contributed by atoms with Gasteiger partial charge in [-0.15, -0.1) is 0 Å². The number of pyridine rings is 1. The second-order valence-corrected chi connectivity index (χ2v) is 8.01. The van der Waals surface area contributed by atoms with Gasteiger partial charge in [0.05, 0.1) is 6.54 Å². The number of hydrogen-bond donors (Lipinski definition) is 6. The van der Waals surface area contributed by atoms with Gasteiger partial charge in [-0.1, -0.05) is 0 Å². The normalized spacial score (nSPS) is 18.1. The largest absolute Gasteiger partial charge is 0.503 e. The van der Waals surface area contributed by atoms with Crippen molar-refractivity contribution in [2.24, 2.45) is 0 Å². The van der Waals surface area contributed by atoms with E-state index in [9.17, 15) is 42.0 Å². The van der Waals surface area contributed by atoms with Gasteiger partial charge >= 0.3 is 28.4 Å². The van der Waals surface area contributed by atoms with Gasteiger partial charge < -0.3 is 20.5 Å². The number of nitrogens with one attached hydrogen (secondary N) is 4. The number of H-pyrrole nitrogens is 1. The summed E-state index contributed by atoms with van der Waals surface area (Å²) in [4.78, 5) is 84.7. The molecule has 6 N–H and O–H groups in total. The number of urea groups is 2. The molecule has 176 valence electrons. The molecule has 33 heavy (non-hydrogen) atoms. The molecule has 0 saturated carbocycles. The number of carboxylic acid groups (broad SMARTS) is 1. The molecule has 3 heterocycles. The zero-order valence-electron chi connectivity index (χ0n) is 16.0.